The van der Waals surface area contributed by atoms with Gasteiger partial charge in [0, 0.05) is 6.92 Å². The molecule has 2 heterocycles. The Morgan fingerprint density at radius 1 is 1.04 bits per heavy atom. The van der Waals surface area contributed by atoms with E-state index in [4.69, 9.17) is 14.2 Å². The number of fused-ring (bicyclic) bond motifs is 2. The SMILES string of the molecule is CC(=O)N1C(=O)N(C(=O)OCc2ccccc2)[C@H]2O[C@@H]3CCCC[C@@H]3O[C@H]21. The van der Waals surface area contributed by atoms with Gasteiger partial charge in [0.25, 0.3) is 0 Å². The van der Waals surface area contributed by atoms with E-state index in [9.17, 15) is 14.4 Å². The molecule has 4 rings (SSSR count). The molecule has 27 heavy (non-hydrogen) atoms. The van der Waals surface area contributed by atoms with Crippen molar-refractivity contribution in [3.05, 3.63) is 35.9 Å². The zero-order valence-electron chi connectivity index (χ0n) is 15.1. The molecule has 0 spiro atoms. The molecule has 8 nitrogen and oxygen atoms in total. The molecule has 0 bridgehead atoms. The van der Waals surface area contributed by atoms with Crippen molar-refractivity contribution >= 4 is 18.0 Å². The molecule has 3 fully saturated rings. The van der Waals surface area contributed by atoms with Crippen molar-refractivity contribution in [1.29, 1.82) is 0 Å². The fourth-order valence-corrected chi connectivity index (χ4v) is 3.86. The Kier molecular flexibility index (Phi) is 4.84. The first kappa shape index (κ1) is 17.9. The fraction of sp³-hybridized carbons (Fsp3) is 0.526. The molecule has 2 saturated heterocycles. The molecule has 1 aliphatic carbocycles. The van der Waals surface area contributed by atoms with Crippen LogP contribution in [0.3, 0.4) is 0 Å². The summed E-state index contributed by atoms with van der Waals surface area (Å²) in [6, 6.07) is 8.39. The van der Waals surface area contributed by atoms with Gasteiger partial charge in [0.1, 0.15) is 6.61 Å². The molecule has 0 radical (unpaired) electrons. The summed E-state index contributed by atoms with van der Waals surface area (Å²) in [5.41, 5.74) is 0.797. The molecule has 8 heteroatoms. The maximum atomic E-state index is 12.7. The molecule has 1 saturated carbocycles. The lowest BCUT2D eigenvalue weighted by molar-refractivity contribution is -0.261. The van der Waals surface area contributed by atoms with E-state index in [-0.39, 0.29) is 18.8 Å². The summed E-state index contributed by atoms with van der Waals surface area (Å²) in [5, 5.41) is 0. The van der Waals surface area contributed by atoms with Gasteiger partial charge in [-0.25, -0.2) is 14.5 Å². The largest absolute Gasteiger partial charge is 0.444 e. The van der Waals surface area contributed by atoms with Gasteiger partial charge in [0.15, 0.2) is 12.5 Å². The van der Waals surface area contributed by atoms with Crippen LogP contribution < -0.4 is 0 Å². The van der Waals surface area contributed by atoms with Gasteiger partial charge in [-0.15, -0.1) is 0 Å². The van der Waals surface area contributed by atoms with Crippen LogP contribution in [0.1, 0.15) is 38.2 Å². The van der Waals surface area contributed by atoms with Crippen LogP contribution in [-0.2, 0) is 25.6 Å². The summed E-state index contributed by atoms with van der Waals surface area (Å²) in [6.07, 6.45) is 0.507. The van der Waals surface area contributed by atoms with Crippen molar-refractivity contribution in [3.8, 4) is 0 Å². The second-order valence-electron chi connectivity index (χ2n) is 7.00. The average Bonchev–Trinajstić information content (AvgIpc) is 2.96. The predicted molar refractivity (Wildman–Crippen MR) is 92.2 cm³/mol. The number of hydrogen-bond donors (Lipinski definition) is 0. The van der Waals surface area contributed by atoms with Crippen LogP contribution in [0.15, 0.2) is 30.3 Å². The van der Waals surface area contributed by atoms with Crippen LogP contribution in [0.25, 0.3) is 0 Å². The Hall–Kier alpha value is -2.45. The van der Waals surface area contributed by atoms with E-state index in [0.717, 1.165) is 41.0 Å². The molecule has 0 N–H and O–H groups in total. The molecule has 4 atom stereocenters. The van der Waals surface area contributed by atoms with Gasteiger partial charge >= 0.3 is 12.1 Å². The highest BCUT2D eigenvalue weighted by molar-refractivity contribution is 6.02. The zero-order valence-corrected chi connectivity index (χ0v) is 15.1. The van der Waals surface area contributed by atoms with Crippen molar-refractivity contribution in [3.63, 3.8) is 0 Å². The fourth-order valence-electron chi connectivity index (χ4n) is 3.86. The molecule has 1 aromatic rings. The highest BCUT2D eigenvalue weighted by atomic mass is 16.6. The first-order chi connectivity index (χ1) is 13.1. The van der Waals surface area contributed by atoms with E-state index in [1.54, 1.807) is 0 Å². The molecule has 0 unspecified atom stereocenters. The van der Waals surface area contributed by atoms with Crippen molar-refractivity contribution in [2.75, 3.05) is 0 Å². The van der Waals surface area contributed by atoms with E-state index in [2.05, 4.69) is 0 Å². The molecule has 144 valence electrons. The summed E-state index contributed by atoms with van der Waals surface area (Å²) in [4.78, 5) is 39.2. The lowest BCUT2D eigenvalue weighted by Gasteiger charge is -2.42. The first-order valence-electron chi connectivity index (χ1n) is 9.21. The average molecular weight is 374 g/mol. The number of amides is 4. The highest BCUT2D eigenvalue weighted by Gasteiger charge is 2.57. The smallest absolute Gasteiger partial charge is 0.420 e. The van der Waals surface area contributed by atoms with E-state index in [0.29, 0.717) is 0 Å². The summed E-state index contributed by atoms with van der Waals surface area (Å²) >= 11 is 0. The minimum Gasteiger partial charge on any atom is -0.444 e. The second kappa shape index (κ2) is 7.28. The standard InChI is InChI=1S/C19H22N2O6/c1-12(22)20-16-17(27-15-10-6-5-9-14(15)26-16)21(18(20)23)19(24)25-11-13-7-3-2-4-8-13/h2-4,7-8,14-17H,5-6,9-11H2,1H3/t14-,15+,16+,17-/m0/s1. The Bertz CT molecular complexity index is 739. The topological polar surface area (TPSA) is 85.4 Å². The van der Waals surface area contributed by atoms with Gasteiger partial charge < -0.3 is 14.2 Å². The number of hydrogen-bond acceptors (Lipinski definition) is 6. The maximum absolute atomic E-state index is 12.7. The van der Waals surface area contributed by atoms with E-state index in [1.807, 2.05) is 30.3 Å². The number of carbonyl (C=O) groups is 3. The van der Waals surface area contributed by atoms with Gasteiger partial charge in [-0.2, -0.15) is 4.90 Å². The highest BCUT2D eigenvalue weighted by Crippen LogP contribution is 2.37. The molecule has 1 aromatic carbocycles. The summed E-state index contributed by atoms with van der Waals surface area (Å²) in [6.45, 7) is 1.29. The predicted octanol–water partition coefficient (Wildman–Crippen LogP) is 2.62. The Morgan fingerprint density at radius 2 is 1.63 bits per heavy atom. The lowest BCUT2D eigenvalue weighted by Crippen LogP contribution is -2.56. The molecule has 3 aliphatic rings. The zero-order chi connectivity index (χ0) is 19.0. The Balaban J connectivity index is 1.53. The van der Waals surface area contributed by atoms with Crippen molar-refractivity contribution in [2.45, 2.75) is 63.9 Å². The minimum atomic E-state index is -0.982. The van der Waals surface area contributed by atoms with Gasteiger partial charge in [0.2, 0.25) is 5.91 Å². The van der Waals surface area contributed by atoms with Gasteiger partial charge in [0.05, 0.1) is 12.2 Å². The molecule has 0 aromatic heterocycles. The molecule has 4 amide bonds. The number of benzene rings is 1. The van der Waals surface area contributed by atoms with Crippen molar-refractivity contribution < 1.29 is 28.6 Å². The van der Waals surface area contributed by atoms with Crippen LogP contribution in [0.2, 0.25) is 0 Å². The number of nitrogens with zero attached hydrogens (tertiary/aromatic N) is 2. The van der Waals surface area contributed by atoms with Gasteiger partial charge in [-0.1, -0.05) is 43.2 Å². The second-order valence-corrected chi connectivity index (χ2v) is 7.00. The van der Waals surface area contributed by atoms with Crippen molar-refractivity contribution in [1.82, 2.24) is 9.80 Å². The molecular weight excluding hydrogens is 352 g/mol. The van der Waals surface area contributed by atoms with Crippen LogP contribution in [-0.4, -0.2) is 52.5 Å². The summed E-state index contributed by atoms with van der Waals surface area (Å²) < 4.78 is 17.3. The number of ether oxygens (including phenoxy) is 3. The lowest BCUT2D eigenvalue weighted by atomic mass is 9.93. The maximum Gasteiger partial charge on any atom is 0.420 e. The summed E-state index contributed by atoms with van der Waals surface area (Å²) in [5.74, 6) is -0.494. The Morgan fingerprint density at radius 3 is 2.22 bits per heavy atom. The van der Waals surface area contributed by atoms with E-state index in [1.165, 1.54) is 6.92 Å². The monoisotopic (exact) mass is 374 g/mol. The van der Waals surface area contributed by atoms with Crippen molar-refractivity contribution in [2.24, 2.45) is 0 Å². The summed E-state index contributed by atoms with van der Waals surface area (Å²) in [7, 11) is 0. The normalized spacial score (nSPS) is 29.9. The van der Waals surface area contributed by atoms with Crippen LogP contribution in [0, 0.1) is 0 Å². The molecule has 2 aliphatic heterocycles. The first-order valence-corrected chi connectivity index (χ1v) is 9.21. The van der Waals surface area contributed by atoms with Crippen LogP contribution in [0.4, 0.5) is 9.59 Å². The number of rotatable bonds is 2. The van der Waals surface area contributed by atoms with Gasteiger partial charge in [-0.05, 0) is 18.4 Å². The molecular formula is C19H22N2O6. The Labute approximate surface area is 157 Å². The van der Waals surface area contributed by atoms with E-state index < -0.39 is 30.5 Å². The van der Waals surface area contributed by atoms with Gasteiger partial charge in [-0.3, -0.25) is 4.79 Å². The van der Waals surface area contributed by atoms with Crippen LogP contribution in [0.5, 0.6) is 0 Å². The third-order valence-electron chi connectivity index (χ3n) is 5.18. The third-order valence-corrected chi connectivity index (χ3v) is 5.18. The minimum absolute atomic E-state index is 0.0216. The third kappa shape index (κ3) is 3.30. The quantitative estimate of drug-likeness (QED) is 0.791. The number of urea groups is 1. The van der Waals surface area contributed by atoms with Crippen LogP contribution >= 0.6 is 0 Å². The number of carbonyl (C=O) groups excluding carboxylic acids is 3. The number of imide groups is 2. The van der Waals surface area contributed by atoms with E-state index >= 15 is 0 Å².